The zero-order valence-corrected chi connectivity index (χ0v) is 15.2. The maximum atomic E-state index is 12.0. The fraction of sp³-hybridized carbons (Fsp3) is 0.389. The molecule has 24 heavy (non-hydrogen) atoms. The van der Waals surface area contributed by atoms with Crippen molar-refractivity contribution in [2.45, 2.75) is 38.6 Å². The van der Waals surface area contributed by atoms with Crippen LogP contribution >= 0.6 is 15.9 Å². The van der Waals surface area contributed by atoms with E-state index in [2.05, 4.69) is 26.0 Å². The van der Waals surface area contributed by atoms with Gasteiger partial charge in [-0.25, -0.2) is 9.67 Å². The number of benzene rings is 1. The number of fused-ring (bicyclic) bond motifs is 1. The van der Waals surface area contributed by atoms with E-state index < -0.39 is 0 Å². The SMILES string of the molecule is O=c1ccc(-n2cnc3ccccc32)nn1CCCCCCCBr. The van der Waals surface area contributed by atoms with Gasteiger partial charge in [0.15, 0.2) is 5.82 Å². The number of para-hydroxylation sites is 2. The third-order valence-electron chi connectivity index (χ3n) is 4.06. The fourth-order valence-electron chi connectivity index (χ4n) is 2.75. The molecule has 0 saturated heterocycles. The molecule has 0 saturated carbocycles. The second-order valence-electron chi connectivity index (χ2n) is 5.81. The number of halogens is 1. The molecule has 0 radical (unpaired) electrons. The maximum absolute atomic E-state index is 12.0. The van der Waals surface area contributed by atoms with Crippen molar-refractivity contribution in [1.29, 1.82) is 0 Å². The number of unbranched alkanes of at least 4 members (excludes halogenated alkanes) is 4. The Kier molecular flexibility index (Phi) is 5.80. The lowest BCUT2D eigenvalue weighted by Gasteiger charge is -2.08. The van der Waals surface area contributed by atoms with Crippen LogP contribution in [0.1, 0.15) is 32.1 Å². The number of aromatic nitrogens is 4. The van der Waals surface area contributed by atoms with Gasteiger partial charge in [0.25, 0.3) is 5.56 Å². The molecule has 0 aliphatic heterocycles. The Bertz CT molecular complexity index is 855. The van der Waals surface area contributed by atoms with Crippen LogP contribution in [0.2, 0.25) is 0 Å². The summed E-state index contributed by atoms with van der Waals surface area (Å²) >= 11 is 3.45. The predicted octanol–water partition coefficient (Wildman–Crippen LogP) is 3.93. The van der Waals surface area contributed by atoms with Crippen LogP contribution in [0.25, 0.3) is 16.9 Å². The van der Waals surface area contributed by atoms with E-state index in [9.17, 15) is 4.79 Å². The average molecular weight is 389 g/mol. The van der Waals surface area contributed by atoms with E-state index in [-0.39, 0.29) is 5.56 Å². The Morgan fingerprint density at radius 2 is 1.75 bits per heavy atom. The number of imidazole rings is 1. The van der Waals surface area contributed by atoms with Crippen molar-refractivity contribution in [3.63, 3.8) is 0 Å². The number of hydrogen-bond acceptors (Lipinski definition) is 3. The van der Waals surface area contributed by atoms with Crippen molar-refractivity contribution in [3.05, 3.63) is 53.1 Å². The molecule has 3 rings (SSSR count). The lowest BCUT2D eigenvalue weighted by molar-refractivity contribution is 0.511. The summed E-state index contributed by atoms with van der Waals surface area (Å²) in [6.45, 7) is 0.660. The lowest BCUT2D eigenvalue weighted by Crippen LogP contribution is -2.23. The largest absolute Gasteiger partial charge is 0.281 e. The van der Waals surface area contributed by atoms with Crippen LogP contribution < -0.4 is 5.56 Å². The van der Waals surface area contributed by atoms with Crippen molar-refractivity contribution in [2.24, 2.45) is 0 Å². The van der Waals surface area contributed by atoms with Crippen LogP contribution in [0.3, 0.4) is 0 Å². The lowest BCUT2D eigenvalue weighted by atomic mass is 10.1. The molecule has 2 aromatic heterocycles. The maximum Gasteiger partial charge on any atom is 0.266 e. The summed E-state index contributed by atoms with van der Waals surface area (Å²) in [6, 6.07) is 11.2. The average Bonchev–Trinajstić information content (AvgIpc) is 3.03. The van der Waals surface area contributed by atoms with Crippen molar-refractivity contribution in [1.82, 2.24) is 19.3 Å². The van der Waals surface area contributed by atoms with Crippen LogP contribution in [-0.4, -0.2) is 24.7 Å². The third-order valence-corrected chi connectivity index (χ3v) is 4.62. The van der Waals surface area contributed by atoms with Crippen LogP contribution in [0.4, 0.5) is 0 Å². The van der Waals surface area contributed by atoms with E-state index >= 15 is 0 Å². The minimum absolute atomic E-state index is 0.0522. The van der Waals surface area contributed by atoms with Crippen molar-refractivity contribution >= 4 is 27.0 Å². The van der Waals surface area contributed by atoms with Crippen LogP contribution in [-0.2, 0) is 6.54 Å². The molecule has 0 spiro atoms. The molecule has 0 bridgehead atoms. The standard InChI is InChI=1S/C18H21BrN4O/c19-12-6-2-1-3-7-13-23-18(24)11-10-17(21-23)22-14-20-15-8-4-5-9-16(15)22/h4-5,8-11,14H,1-3,6-7,12-13H2. The number of nitrogens with zero attached hydrogens (tertiary/aromatic N) is 4. The van der Waals surface area contributed by atoms with E-state index in [1.165, 1.54) is 19.3 Å². The molecule has 0 amide bonds. The van der Waals surface area contributed by atoms with Gasteiger partial charge in [0.2, 0.25) is 0 Å². The Hall–Kier alpha value is -1.95. The highest BCUT2D eigenvalue weighted by atomic mass is 79.9. The molecule has 3 aromatic rings. The van der Waals surface area contributed by atoms with E-state index in [4.69, 9.17) is 0 Å². The van der Waals surface area contributed by atoms with Crippen LogP contribution in [0.15, 0.2) is 47.5 Å². The Labute approximate surface area is 149 Å². The molecule has 1 aromatic carbocycles. The van der Waals surface area contributed by atoms with Gasteiger partial charge in [0.05, 0.1) is 11.0 Å². The topological polar surface area (TPSA) is 52.7 Å². The number of rotatable bonds is 8. The first-order chi connectivity index (χ1) is 11.8. The first-order valence-electron chi connectivity index (χ1n) is 8.36. The second-order valence-corrected chi connectivity index (χ2v) is 6.61. The number of aryl methyl sites for hydroxylation is 1. The van der Waals surface area contributed by atoms with Gasteiger partial charge in [-0.05, 0) is 31.0 Å². The van der Waals surface area contributed by atoms with E-state index in [1.807, 2.05) is 28.8 Å². The second kappa shape index (κ2) is 8.24. The fourth-order valence-corrected chi connectivity index (χ4v) is 3.15. The van der Waals surface area contributed by atoms with Gasteiger partial charge in [-0.3, -0.25) is 9.36 Å². The van der Waals surface area contributed by atoms with Crippen LogP contribution in [0.5, 0.6) is 0 Å². The number of hydrogen-bond donors (Lipinski definition) is 0. The third kappa shape index (κ3) is 3.93. The van der Waals surface area contributed by atoms with Crippen molar-refractivity contribution in [3.8, 4) is 5.82 Å². The molecule has 5 nitrogen and oxygen atoms in total. The molecule has 0 aliphatic rings. The van der Waals surface area contributed by atoms with Crippen LogP contribution in [0, 0.1) is 0 Å². The first-order valence-corrected chi connectivity index (χ1v) is 9.48. The molecule has 2 heterocycles. The van der Waals surface area contributed by atoms with E-state index in [0.717, 1.165) is 35.0 Å². The summed E-state index contributed by atoms with van der Waals surface area (Å²) in [4.78, 5) is 16.4. The van der Waals surface area contributed by atoms with E-state index in [1.54, 1.807) is 23.1 Å². The molecular formula is C18H21BrN4O. The summed E-state index contributed by atoms with van der Waals surface area (Å²) < 4.78 is 3.48. The molecule has 0 aliphatic carbocycles. The summed E-state index contributed by atoms with van der Waals surface area (Å²) in [7, 11) is 0. The Morgan fingerprint density at radius 3 is 2.62 bits per heavy atom. The summed E-state index contributed by atoms with van der Waals surface area (Å²) in [6.07, 6.45) is 7.49. The highest BCUT2D eigenvalue weighted by Gasteiger charge is 2.07. The monoisotopic (exact) mass is 388 g/mol. The van der Waals surface area contributed by atoms with Crippen molar-refractivity contribution in [2.75, 3.05) is 5.33 Å². The zero-order valence-electron chi connectivity index (χ0n) is 13.6. The minimum atomic E-state index is -0.0522. The highest BCUT2D eigenvalue weighted by molar-refractivity contribution is 9.09. The molecule has 0 unspecified atom stereocenters. The Morgan fingerprint density at radius 1 is 0.958 bits per heavy atom. The summed E-state index contributed by atoms with van der Waals surface area (Å²) in [5, 5.41) is 5.58. The van der Waals surface area contributed by atoms with Gasteiger partial charge >= 0.3 is 0 Å². The van der Waals surface area contributed by atoms with Gasteiger partial charge in [0.1, 0.15) is 6.33 Å². The normalized spacial score (nSPS) is 11.2. The van der Waals surface area contributed by atoms with Gasteiger partial charge in [-0.15, -0.1) is 0 Å². The molecule has 6 heteroatoms. The van der Waals surface area contributed by atoms with Gasteiger partial charge in [-0.2, -0.15) is 5.10 Å². The molecule has 0 fully saturated rings. The smallest absolute Gasteiger partial charge is 0.266 e. The quantitative estimate of drug-likeness (QED) is 0.433. The Balaban J connectivity index is 1.73. The summed E-state index contributed by atoms with van der Waals surface area (Å²) in [5.41, 5.74) is 1.86. The molecule has 0 atom stereocenters. The van der Waals surface area contributed by atoms with Crippen molar-refractivity contribution < 1.29 is 0 Å². The molecule has 126 valence electrons. The van der Waals surface area contributed by atoms with Gasteiger partial charge in [-0.1, -0.05) is 47.3 Å². The van der Waals surface area contributed by atoms with Gasteiger partial charge in [0, 0.05) is 17.9 Å². The summed E-state index contributed by atoms with van der Waals surface area (Å²) in [5.74, 6) is 0.725. The zero-order chi connectivity index (χ0) is 16.8. The van der Waals surface area contributed by atoms with E-state index in [0.29, 0.717) is 6.54 Å². The first kappa shape index (κ1) is 16.9. The molecular weight excluding hydrogens is 368 g/mol. The van der Waals surface area contributed by atoms with Gasteiger partial charge < -0.3 is 0 Å². The predicted molar refractivity (Wildman–Crippen MR) is 100 cm³/mol. The number of alkyl halides is 1. The highest BCUT2D eigenvalue weighted by Crippen LogP contribution is 2.15. The molecule has 0 N–H and O–H groups in total. The minimum Gasteiger partial charge on any atom is -0.281 e.